The van der Waals surface area contributed by atoms with Crippen molar-refractivity contribution in [3.8, 4) is 6.07 Å². The molecular weight excluding hydrogens is 205 g/mol. The fraction of sp³-hybridized carbons (Fsp3) is 0.385. The first kappa shape index (κ1) is 12.4. The van der Waals surface area contributed by atoms with Crippen molar-refractivity contribution in [2.45, 2.75) is 26.7 Å². The number of benzene rings is 1. The molecule has 0 aliphatic rings. The van der Waals surface area contributed by atoms with Crippen LogP contribution in [0.5, 0.6) is 0 Å². The molecular formula is C13H14FNO. The quantitative estimate of drug-likeness (QED) is 0.729. The third-order valence-electron chi connectivity index (χ3n) is 2.44. The van der Waals surface area contributed by atoms with Gasteiger partial charge in [-0.05, 0) is 31.0 Å². The molecule has 1 aromatic carbocycles. The van der Waals surface area contributed by atoms with E-state index < -0.39 is 17.5 Å². The Morgan fingerprint density at radius 1 is 1.56 bits per heavy atom. The number of carbonyl (C=O) groups excluding carboxylic acids is 1. The van der Waals surface area contributed by atoms with Gasteiger partial charge in [-0.2, -0.15) is 5.26 Å². The molecule has 84 valence electrons. The summed E-state index contributed by atoms with van der Waals surface area (Å²) in [7, 11) is 0. The van der Waals surface area contributed by atoms with Gasteiger partial charge in [-0.25, -0.2) is 4.39 Å². The standard InChI is InChI=1S/C13H14FNO/c1-3-4-10(8-15)13(16)11-6-5-9(2)7-12(11)14/h5-7,10H,3-4H2,1-2H3. The first-order valence-electron chi connectivity index (χ1n) is 5.30. The summed E-state index contributed by atoms with van der Waals surface area (Å²) in [5.74, 6) is -1.69. The zero-order valence-electron chi connectivity index (χ0n) is 9.46. The summed E-state index contributed by atoms with van der Waals surface area (Å²) in [5.41, 5.74) is 0.781. The Hall–Kier alpha value is -1.69. The zero-order chi connectivity index (χ0) is 12.1. The van der Waals surface area contributed by atoms with Crippen molar-refractivity contribution in [3.63, 3.8) is 0 Å². The van der Waals surface area contributed by atoms with Gasteiger partial charge < -0.3 is 0 Å². The monoisotopic (exact) mass is 219 g/mol. The number of carbonyl (C=O) groups is 1. The fourth-order valence-corrected chi connectivity index (χ4v) is 1.55. The van der Waals surface area contributed by atoms with Gasteiger partial charge in [-0.1, -0.05) is 19.4 Å². The highest BCUT2D eigenvalue weighted by Gasteiger charge is 2.21. The van der Waals surface area contributed by atoms with Gasteiger partial charge >= 0.3 is 0 Å². The van der Waals surface area contributed by atoms with Crippen LogP contribution in [0.1, 0.15) is 35.7 Å². The number of halogens is 1. The molecule has 1 rings (SSSR count). The zero-order valence-corrected chi connectivity index (χ0v) is 9.46. The molecule has 0 aliphatic carbocycles. The van der Waals surface area contributed by atoms with Crippen molar-refractivity contribution in [3.05, 3.63) is 35.1 Å². The van der Waals surface area contributed by atoms with Crippen molar-refractivity contribution in [2.75, 3.05) is 0 Å². The molecule has 0 fully saturated rings. The molecule has 0 amide bonds. The van der Waals surface area contributed by atoms with E-state index in [1.807, 2.05) is 13.0 Å². The normalized spacial score (nSPS) is 11.9. The van der Waals surface area contributed by atoms with Gasteiger partial charge in [0.1, 0.15) is 11.7 Å². The summed E-state index contributed by atoms with van der Waals surface area (Å²) in [6, 6.07) is 6.37. The van der Waals surface area contributed by atoms with Gasteiger partial charge in [0.2, 0.25) is 0 Å². The van der Waals surface area contributed by atoms with E-state index in [4.69, 9.17) is 5.26 Å². The Kier molecular flexibility index (Phi) is 4.19. The minimum absolute atomic E-state index is 0.0191. The maximum Gasteiger partial charge on any atom is 0.182 e. The predicted octanol–water partition coefficient (Wildman–Crippen LogP) is 3.26. The molecule has 1 atom stereocenters. The lowest BCUT2D eigenvalue weighted by molar-refractivity contribution is 0.0939. The van der Waals surface area contributed by atoms with Crippen LogP contribution in [0.4, 0.5) is 4.39 Å². The van der Waals surface area contributed by atoms with Crippen molar-refractivity contribution < 1.29 is 9.18 Å². The molecule has 3 heteroatoms. The lowest BCUT2D eigenvalue weighted by atomic mass is 9.94. The molecule has 0 heterocycles. The molecule has 0 aromatic heterocycles. The second kappa shape index (κ2) is 5.41. The average Bonchev–Trinajstić information content (AvgIpc) is 2.25. The van der Waals surface area contributed by atoms with Crippen LogP contribution < -0.4 is 0 Å². The van der Waals surface area contributed by atoms with E-state index in [1.165, 1.54) is 12.1 Å². The lowest BCUT2D eigenvalue weighted by Crippen LogP contribution is -2.14. The minimum atomic E-state index is -0.734. The van der Waals surface area contributed by atoms with E-state index in [9.17, 15) is 9.18 Å². The molecule has 1 aromatic rings. The predicted molar refractivity (Wildman–Crippen MR) is 59.5 cm³/mol. The van der Waals surface area contributed by atoms with E-state index in [1.54, 1.807) is 13.0 Å². The summed E-state index contributed by atoms with van der Waals surface area (Å²) >= 11 is 0. The van der Waals surface area contributed by atoms with Gasteiger partial charge in [-0.3, -0.25) is 4.79 Å². The molecule has 16 heavy (non-hydrogen) atoms. The number of rotatable bonds is 4. The van der Waals surface area contributed by atoms with E-state index in [0.717, 1.165) is 12.0 Å². The maximum absolute atomic E-state index is 13.5. The smallest absolute Gasteiger partial charge is 0.182 e. The van der Waals surface area contributed by atoms with Gasteiger partial charge in [0, 0.05) is 0 Å². The van der Waals surface area contributed by atoms with E-state index in [0.29, 0.717) is 6.42 Å². The van der Waals surface area contributed by atoms with Crippen LogP contribution in [0, 0.1) is 30.0 Å². The number of ketones is 1. The Morgan fingerprint density at radius 3 is 2.75 bits per heavy atom. The number of aryl methyl sites for hydroxylation is 1. The van der Waals surface area contributed by atoms with Crippen molar-refractivity contribution in [2.24, 2.45) is 5.92 Å². The molecule has 0 aliphatic heterocycles. The first-order chi connectivity index (χ1) is 7.60. The number of nitriles is 1. The number of Topliss-reactive ketones (excluding diaryl/α,β-unsaturated/α-hetero) is 1. The van der Waals surface area contributed by atoms with Crippen molar-refractivity contribution >= 4 is 5.78 Å². The molecule has 0 saturated heterocycles. The summed E-state index contributed by atoms with van der Waals surface area (Å²) < 4.78 is 13.5. The molecule has 2 nitrogen and oxygen atoms in total. The van der Waals surface area contributed by atoms with Gasteiger partial charge in [0.05, 0.1) is 11.6 Å². The minimum Gasteiger partial charge on any atom is -0.293 e. The largest absolute Gasteiger partial charge is 0.293 e. The van der Waals surface area contributed by atoms with Crippen LogP contribution in [0.3, 0.4) is 0 Å². The van der Waals surface area contributed by atoms with Gasteiger partial charge in [0.25, 0.3) is 0 Å². The molecule has 0 bridgehead atoms. The van der Waals surface area contributed by atoms with E-state index in [-0.39, 0.29) is 5.56 Å². The van der Waals surface area contributed by atoms with Crippen LogP contribution in [-0.2, 0) is 0 Å². The van der Waals surface area contributed by atoms with Crippen molar-refractivity contribution in [1.29, 1.82) is 5.26 Å². The summed E-state index contributed by atoms with van der Waals surface area (Å²) in [4.78, 5) is 11.8. The maximum atomic E-state index is 13.5. The number of nitrogens with zero attached hydrogens (tertiary/aromatic N) is 1. The van der Waals surface area contributed by atoms with Gasteiger partial charge in [0.15, 0.2) is 5.78 Å². The van der Waals surface area contributed by atoms with Crippen LogP contribution in [0.15, 0.2) is 18.2 Å². The second-order valence-corrected chi connectivity index (χ2v) is 3.82. The van der Waals surface area contributed by atoms with E-state index in [2.05, 4.69) is 0 Å². The molecule has 0 saturated carbocycles. The molecule has 0 spiro atoms. The highest BCUT2D eigenvalue weighted by Crippen LogP contribution is 2.17. The summed E-state index contributed by atoms with van der Waals surface area (Å²) in [6.45, 7) is 3.65. The summed E-state index contributed by atoms with van der Waals surface area (Å²) in [6.07, 6.45) is 1.21. The van der Waals surface area contributed by atoms with Crippen LogP contribution in [0.2, 0.25) is 0 Å². The molecule has 0 radical (unpaired) electrons. The summed E-state index contributed by atoms with van der Waals surface area (Å²) in [5, 5.41) is 8.84. The van der Waals surface area contributed by atoms with Crippen LogP contribution >= 0.6 is 0 Å². The Bertz CT molecular complexity index is 434. The number of hydrogen-bond acceptors (Lipinski definition) is 2. The first-order valence-corrected chi connectivity index (χ1v) is 5.30. The third-order valence-corrected chi connectivity index (χ3v) is 2.44. The van der Waals surface area contributed by atoms with E-state index >= 15 is 0 Å². The van der Waals surface area contributed by atoms with Gasteiger partial charge in [-0.15, -0.1) is 0 Å². The Balaban J connectivity index is 3.00. The molecule has 1 unspecified atom stereocenters. The Morgan fingerprint density at radius 2 is 2.25 bits per heavy atom. The average molecular weight is 219 g/mol. The molecule has 0 N–H and O–H groups in total. The topological polar surface area (TPSA) is 40.9 Å². The fourth-order valence-electron chi connectivity index (χ4n) is 1.55. The number of hydrogen-bond donors (Lipinski definition) is 0. The Labute approximate surface area is 94.7 Å². The second-order valence-electron chi connectivity index (χ2n) is 3.82. The SMILES string of the molecule is CCCC(C#N)C(=O)c1ccc(C)cc1F. The lowest BCUT2D eigenvalue weighted by Gasteiger charge is -2.07. The van der Waals surface area contributed by atoms with Crippen LogP contribution in [-0.4, -0.2) is 5.78 Å². The third kappa shape index (κ3) is 2.66. The highest BCUT2D eigenvalue weighted by molar-refractivity contribution is 5.99. The van der Waals surface area contributed by atoms with Crippen LogP contribution in [0.25, 0.3) is 0 Å². The van der Waals surface area contributed by atoms with Crippen molar-refractivity contribution in [1.82, 2.24) is 0 Å². The highest BCUT2D eigenvalue weighted by atomic mass is 19.1.